The van der Waals surface area contributed by atoms with Crippen molar-refractivity contribution < 1.29 is 9.72 Å². The van der Waals surface area contributed by atoms with Gasteiger partial charge in [0, 0.05) is 29.3 Å². The molecule has 0 unspecified atom stereocenters. The molecule has 33 heavy (non-hydrogen) atoms. The van der Waals surface area contributed by atoms with Crippen molar-refractivity contribution in [3.8, 4) is 0 Å². The van der Waals surface area contributed by atoms with Crippen molar-refractivity contribution in [1.82, 2.24) is 5.32 Å². The number of nitro groups is 1. The number of benzene rings is 3. The van der Waals surface area contributed by atoms with Gasteiger partial charge in [-0.2, -0.15) is 0 Å². The Morgan fingerprint density at radius 3 is 2.30 bits per heavy atom. The fraction of sp³-hybridized carbons (Fsp3) is 0.120. The SMILES string of the molecule is CC1=C(C(=O)Nc2ccccc2)[C@H](c2ccccc2)N=C(SCc2ccc([N+](=O)[O-])cc2)N1. The number of carbonyl (C=O) groups excluding carboxylic acids is 1. The molecule has 1 atom stereocenters. The van der Waals surface area contributed by atoms with E-state index in [2.05, 4.69) is 10.6 Å². The van der Waals surface area contributed by atoms with E-state index in [-0.39, 0.29) is 11.6 Å². The van der Waals surface area contributed by atoms with Crippen molar-refractivity contribution in [2.45, 2.75) is 18.7 Å². The molecular formula is C25H22N4O3S. The number of nitro benzene ring substituents is 1. The number of nitrogens with zero attached hydrogens (tertiary/aromatic N) is 2. The van der Waals surface area contributed by atoms with Gasteiger partial charge in [-0.3, -0.25) is 14.9 Å². The Hall–Kier alpha value is -3.91. The third kappa shape index (κ3) is 5.48. The van der Waals surface area contributed by atoms with Crippen LogP contribution in [0.3, 0.4) is 0 Å². The number of hydrogen-bond donors (Lipinski definition) is 2. The monoisotopic (exact) mass is 458 g/mol. The molecule has 1 amide bonds. The van der Waals surface area contributed by atoms with Crippen LogP contribution in [0.2, 0.25) is 0 Å². The van der Waals surface area contributed by atoms with Crippen LogP contribution in [0.15, 0.2) is 101 Å². The lowest BCUT2D eigenvalue weighted by Crippen LogP contribution is -2.32. The maximum Gasteiger partial charge on any atom is 0.269 e. The van der Waals surface area contributed by atoms with Crippen LogP contribution in [0.5, 0.6) is 0 Å². The number of rotatable bonds is 6. The number of aliphatic imine (C=N–C) groups is 1. The molecule has 3 aromatic carbocycles. The molecule has 0 aliphatic carbocycles. The number of thioether (sulfide) groups is 1. The van der Waals surface area contributed by atoms with Crippen molar-refractivity contribution in [3.63, 3.8) is 0 Å². The molecule has 2 N–H and O–H groups in total. The van der Waals surface area contributed by atoms with Crippen molar-refractivity contribution in [2.24, 2.45) is 4.99 Å². The highest BCUT2D eigenvalue weighted by Gasteiger charge is 2.29. The molecule has 1 heterocycles. The zero-order valence-electron chi connectivity index (χ0n) is 17.9. The smallest absolute Gasteiger partial charge is 0.269 e. The molecule has 8 heteroatoms. The molecule has 0 radical (unpaired) electrons. The van der Waals surface area contributed by atoms with Crippen LogP contribution in [-0.2, 0) is 10.5 Å². The topological polar surface area (TPSA) is 96.6 Å². The normalized spacial score (nSPS) is 15.4. The molecule has 0 spiro atoms. The van der Waals surface area contributed by atoms with E-state index in [1.807, 2.05) is 67.6 Å². The number of anilines is 1. The zero-order valence-corrected chi connectivity index (χ0v) is 18.7. The number of amides is 1. The molecule has 0 bridgehead atoms. The Morgan fingerprint density at radius 1 is 1.03 bits per heavy atom. The summed E-state index contributed by atoms with van der Waals surface area (Å²) in [5.41, 5.74) is 3.94. The van der Waals surface area contributed by atoms with E-state index in [9.17, 15) is 14.9 Å². The molecule has 3 aromatic rings. The van der Waals surface area contributed by atoms with Gasteiger partial charge in [0.1, 0.15) is 6.04 Å². The summed E-state index contributed by atoms with van der Waals surface area (Å²) in [6.07, 6.45) is 0. The molecule has 0 fully saturated rings. The van der Waals surface area contributed by atoms with Gasteiger partial charge < -0.3 is 10.6 Å². The van der Waals surface area contributed by atoms with Gasteiger partial charge >= 0.3 is 0 Å². The average molecular weight is 459 g/mol. The number of hydrogen-bond acceptors (Lipinski definition) is 6. The van der Waals surface area contributed by atoms with Crippen molar-refractivity contribution in [1.29, 1.82) is 0 Å². The summed E-state index contributed by atoms with van der Waals surface area (Å²) in [5, 5.41) is 17.8. The number of allylic oxidation sites excluding steroid dienone is 1. The Morgan fingerprint density at radius 2 is 1.67 bits per heavy atom. The van der Waals surface area contributed by atoms with E-state index in [0.29, 0.717) is 16.5 Å². The van der Waals surface area contributed by atoms with Gasteiger partial charge in [-0.1, -0.05) is 72.4 Å². The van der Waals surface area contributed by atoms with Crippen LogP contribution >= 0.6 is 11.8 Å². The highest BCUT2D eigenvalue weighted by atomic mass is 32.2. The number of non-ortho nitro benzene ring substituents is 1. The standard InChI is InChI=1S/C25H22N4O3S/c1-17-22(24(30)27-20-10-6-3-7-11-20)23(19-8-4-2-5-9-19)28-25(26-17)33-16-18-12-14-21(15-13-18)29(31)32/h2-15,23H,16H2,1H3,(H,26,28)(H,27,30)/t23-/m0/s1. The Kier molecular flexibility index (Phi) is 6.85. The van der Waals surface area contributed by atoms with E-state index in [1.54, 1.807) is 12.1 Å². The number of carbonyl (C=O) groups is 1. The second-order valence-electron chi connectivity index (χ2n) is 7.44. The molecule has 0 saturated heterocycles. The minimum Gasteiger partial charge on any atom is -0.338 e. The van der Waals surface area contributed by atoms with E-state index in [0.717, 1.165) is 22.5 Å². The number of nitrogens with one attached hydrogen (secondary N) is 2. The van der Waals surface area contributed by atoms with E-state index in [1.165, 1.54) is 23.9 Å². The lowest BCUT2D eigenvalue weighted by molar-refractivity contribution is -0.384. The fourth-order valence-electron chi connectivity index (χ4n) is 3.48. The van der Waals surface area contributed by atoms with E-state index < -0.39 is 11.0 Å². The first-order valence-electron chi connectivity index (χ1n) is 10.3. The van der Waals surface area contributed by atoms with Crippen LogP contribution in [-0.4, -0.2) is 16.0 Å². The quantitative estimate of drug-likeness (QED) is 0.379. The summed E-state index contributed by atoms with van der Waals surface area (Å²) in [4.78, 5) is 28.5. The lowest BCUT2D eigenvalue weighted by Gasteiger charge is -2.26. The molecule has 1 aliphatic heterocycles. The van der Waals surface area contributed by atoms with Crippen molar-refractivity contribution in [2.75, 3.05) is 5.32 Å². The van der Waals surface area contributed by atoms with E-state index in [4.69, 9.17) is 4.99 Å². The number of amidine groups is 1. The summed E-state index contributed by atoms with van der Waals surface area (Å²) in [7, 11) is 0. The molecule has 0 aromatic heterocycles. The molecule has 1 aliphatic rings. The summed E-state index contributed by atoms with van der Waals surface area (Å²) in [5.74, 6) is 0.382. The lowest BCUT2D eigenvalue weighted by atomic mass is 9.96. The molecule has 4 rings (SSSR count). The maximum atomic E-state index is 13.2. The van der Waals surface area contributed by atoms with Gasteiger partial charge in [0.25, 0.3) is 11.6 Å². The van der Waals surface area contributed by atoms with Gasteiger partial charge in [0.05, 0.1) is 10.5 Å². The predicted octanol–water partition coefficient (Wildman–Crippen LogP) is 5.44. The minimum atomic E-state index is -0.449. The van der Waals surface area contributed by atoms with Gasteiger partial charge in [0.15, 0.2) is 5.17 Å². The van der Waals surface area contributed by atoms with Crippen molar-refractivity contribution >= 4 is 34.2 Å². The third-order valence-corrected chi connectivity index (χ3v) is 6.09. The largest absolute Gasteiger partial charge is 0.338 e. The Balaban J connectivity index is 1.56. The highest BCUT2D eigenvalue weighted by molar-refractivity contribution is 8.13. The van der Waals surface area contributed by atoms with Crippen LogP contribution in [0.25, 0.3) is 0 Å². The second kappa shape index (κ2) is 10.1. The van der Waals surface area contributed by atoms with Gasteiger partial charge in [-0.15, -0.1) is 0 Å². The third-order valence-electron chi connectivity index (χ3n) is 5.13. The first kappa shape index (κ1) is 22.3. The second-order valence-corrected chi connectivity index (χ2v) is 8.41. The van der Waals surface area contributed by atoms with Gasteiger partial charge in [-0.05, 0) is 30.2 Å². The van der Waals surface area contributed by atoms with Crippen LogP contribution in [0.4, 0.5) is 11.4 Å². The predicted molar refractivity (Wildman–Crippen MR) is 132 cm³/mol. The summed E-state index contributed by atoms with van der Waals surface area (Å²) >= 11 is 1.49. The number of para-hydroxylation sites is 1. The Labute approximate surface area is 195 Å². The highest BCUT2D eigenvalue weighted by Crippen LogP contribution is 2.33. The summed E-state index contributed by atoms with van der Waals surface area (Å²) in [6, 6.07) is 25.1. The summed E-state index contributed by atoms with van der Waals surface area (Å²) in [6.45, 7) is 1.87. The molecule has 7 nitrogen and oxygen atoms in total. The van der Waals surface area contributed by atoms with Crippen LogP contribution < -0.4 is 10.6 Å². The Bertz CT molecular complexity index is 1210. The molecular weight excluding hydrogens is 436 g/mol. The van der Waals surface area contributed by atoms with Gasteiger partial charge in [0.2, 0.25) is 0 Å². The first-order valence-corrected chi connectivity index (χ1v) is 11.3. The molecule has 166 valence electrons. The fourth-order valence-corrected chi connectivity index (χ4v) is 4.38. The molecule has 0 saturated carbocycles. The van der Waals surface area contributed by atoms with E-state index >= 15 is 0 Å². The first-order chi connectivity index (χ1) is 16.0. The van der Waals surface area contributed by atoms with Crippen LogP contribution in [0, 0.1) is 10.1 Å². The zero-order chi connectivity index (χ0) is 23.2. The van der Waals surface area contributed by atoms with Gasteiger partial charge in [-0.25, -0.2) is 4.99 Å². The maximum absolute atomic E-state index is 13.2. The van der Waals surface area contributed by atoms with Crippen molar-refractivity contribution in [3.05, 3.63) is 117 Å². The minimum absolute atomic E-state index is 0.0638. The average Bonchev–Trinajstić information content (AvgIpc) is 2.83. The summed E-state index contributed by atoms with van der Waals surface area (Å²) < 4.78 is 0. The van der Waals surface area contributed by atoms with Crippen LogP contribution in [0.1, 0.15) is 24.1 Å².